The van der Waals surface area contributed by atoms with Crippen molar-refractivity contribution in [3.05, 3.63) is 29.8 Å². The van der Waals surface area contributed by atoms with Gasteiger partial charge in [-0.2, -0.15) is 0 Å². The van der Waals surface area contributed by atoms with Gasteiger partial charge in [0.2, 0.25) is 10.0 Å². The minimum Gasteiger partial charge on any atom is -0.366 e. The van der Waals surface area contributed by atoms with E-state index in [-0.39, 0.29) is 35.4 Å². The van der Waals surface area contributed by atoms with E-state index < -0.39 is 21.7 Å². The van der Waals surface area contributed by atoms with Gasteiger partial charge in [0.1, 0.15) is 11.6 Å². The molecule has 0 unspecified atom stereocenters. The van der Waals surface area contributed by atoms with Crippen molar-refractivity contribution in [2.24, 2.45) is 4.99 Å². The van der Waals surface area contributed by atoms with E-state index in [2.05, 4.69) is 15.2 Å². The average molecular weight is 559 g/mol. The van der Waals surface area contributed by atoms with Gasteiger partial charge in [0.15, 0.2) is 5.96 Å². The predicted octanol–water partition coefficient (Wildman–Crippen LogP) is 2.34. The molecule has 1 aromatic carbocycles. The van der Waals surface area contributed by atoms with Crippen molar-refractivity contribution in [1.82, 2.24) is 14.5 Å². The van der Waals surface area contributed by atoms with Crippen LogP contribution in [-0.2, 0) is 10.0 Å². The molecule has 1 fully saturated rings. The van der Waals surface area contributed by atoms with Crippen LogP contribution >= 0.6 is 24.0 Å². The minimum absolute atomic E-state index is 0. The Labute approximate surface area is 195 Å². The Morgan fingerprint density at radius 2 is 1.87 bits per heavy atom. The van der Waals surface area contributed by atoms with Gasteiger partial charge in [-0.1, -0.05) is 0 Å². The number of sulfonamides is 1. The van der Waals surface area contributed by atoms with Crippen LogP contribution in [-0.4, -0.2) is 82.2 Å². The van der Waals surface area contributed by atoms with Gasteiger partial charge in [-0.25, -0.2) is 21.5 Å². The summed E-state index contributed by atoms with van der Waals surface area (Å²) < 4.78 is 52.4. The Kier molecular flexibility index (Phi) is 11.3. The number of guanidine groups is 1. The summed E-state index contributed by atoms with van der Waals surface area (Å²) in [4.78, 5) is 8.53. The summed E-state index contributed by atoms with van der Waals surface area (Å²) in [6.45, 7) is 7.62. The van der Waals surface area contributed by atoms with Gasteiger partial charge in [-0.15, -0.1) is 24.0 Å². The van der Waals surface area contributed by atoms with E-state index in [9.17, 15) is 17.2 Å². The molecule has 0 spiro atoms. The lowest BCUT2D eigenvalue weighted by Crippen LogP contribution is -2.52. The molecule has 0 aliphatic carbocycles. The van der Waals surface area contributed by atoms with Crippen LogP contribution < -0.4 is 10.2 Å². The zero-order chi connectivity index (χ0) is 21.4. The first-order chi connectivity index (χ1) is 13.8. The van der Waals surface area contributed by atoms with Gasteiger partial charge < -0.3 is 15.1 Å². The molecule has 0 radical (unpaired) electrons. The molecule has 0 bridgehead atoms. The molecule has 1 aliphatic heterocycles. The number of rotatable bonds is 8. The van der Waals surface area contributed by atoms with E-state index in [1.807, 2.05) is 11.8 Å². The van der Waals surface area contributed by atoms with E-state index in [1.165, 1.54) is 10.4 Å². The van der Waals surface area contributed by atoms with Gasteiger partial charge in [-0.3, -0.25) is 4.99 Å². The second-order valence-corrected chi connectivity index (χ2v) is 9.25. The highest BCUT2D eigenvalue weighted by Crippen LogP contribution is 2.21. The summed E-state index contributed by atoms with van der Waals surface area (Å²) in [5, 5.41) is 3.25. The zero-order valence-corrected chi connectivity index (χ0v) is 20.9. The molecule has 2 rings (SSSR count). The summed E-state index contributed by atoms with van der Waals surface area (Å²) in [5.41, 5.74) is 0.284. The lowest BCUT2D eigenvalue weighted by atomic mass is 10.2. The fourth-order valence-corrected chi connectivity index (χ4v) is 4.00. The van der Waals surface area contributed by atoms with Crippen LogP contribution in [0.4, 0.5) is 14.5 Å². The van der Waals surface area contributed by atoms with Crippen molar-refractivity contribution in [1.29, 1.82) is 0 Å². The number of piperazine rings is 1. The fourth-order valence-electron chi connectivity index (χ4n) is 3.15. The lowest BCUT2D eigenvalue weighted by molar-refractivity contribution is 0.370. The summed E-state index contributed by atoms with van der Waals surface area (Å²) in [6.07, 6.45) is 0.624. The SMILES string of the molecule is CCNC(=NCCCN(C)S(=O)(=O)CC)N1CCN(c2cc(F)ccc2F)CC1.I. The Morgan fingerprint density at radius 3 is 2.47 bits per heavy atom. The molecule has 1 heterocycles. The molecule has 0 atom stereocenters. The van der Waals surface area contributed by atoms with Gasteiger partial charge in [-0.05, 0) is 32.4 Å². The van der Waals surface area contributed by atoms with E-state index in [0.29, 0.717) is 52.2 Å². The molecule has 172 valence electrons. The maximum atomic E-state index is 14.0. The summed E-state index contributed by atoms with van der Waals surface area (Å²) in [6, 6.07) is 3.50. The number of nitrogens with one attached hydrogen (secondary N) is 1. The Hall–Kier alpha value is -1.21. The second-order valence-electron chi connectivity index (χ2n) is 6.88. The third-order valence-corrected chi connectivity index (χ3v) is 6.76. The molecular formula is C19H32F2IN5O2S. The normalized spacial score (nSPS) is 15.3. The quantitative estimate of drug-likeness (QED) is 0.229. The van der Waals surface area contributed by atoms with Crippen LogP contribution in [0.25, 0.3) is 0 Å². The van der Waals surface area contributed by atoms with Crippen molar-refractivity contribution in [2.45, 2.75) is 20.3 Å². The highest BCUT2D eigenvalue weighted by atomic mass is 127. The van der Waals surface area contributed by atoms with Crippen LogP contribution in [0, 0.1) is 11.6 Å². The largest absolute Gasteiger partial charge is 0.366 e. The number of hydrogen-bond acceptors (Lipinski definition) is 4. The molecule has 1 N–H and O–H groups in total. The maximum Gasteiger partial charge on any atom is 0.213 e. The molecule has 1 aromatic rings. The van der Waals surface area contributed by atoms with E-state index in [1.54, 1.807) is 14.0 Å². The molecule has 1 saturated heterocycles. The predicted molar refractivity (Wildman–Crippen MR) is 128 cm³/mol. The Bertz CT molecular complexity index is 802. The molecule has 0 amide bonds. The first kappa shape index (κ1) is 26.8. The first-order valence-corrected chi connectivity index (χ1v) is 11.6. The molecule has 30 heavy (non-hydrogen) atoms. The summed E-state index contributed by atoms with van der Waals surface area (Å²) in [5.74, 6) is -0.0285. The van der Waals surface area contributed by atoms with Crippen molar-refractivity contribution in [3.8, 4) is 0 Å². The van der Waals surface area contributed by atoms with Crippen LogP contribution in [0.1, 0.15) is 20.3 Å². The molecule has 7 nitrogen and oxygen atoms in total. The van der Waals surface area contributed by atoms with E-state index in [0.717, 1.165) is 18.1 Å². The van der Waals surface area contributed by atoms with Crippen molar-refractivity contribution < 1.29 is 17.2 Å². The monoisotopic (exact) mass is 559 g/mol. The van der Waals surface area contributed by atoms with Crippen LogP contribution in [0.3, 0.4) is 0 Å². The number of aliphatic imine (C=N–C) groups is 1. The van der Waals surface area contributed by atoms with Crippen molar-refractivity contribution >= 4 is 45.6 Å². The number of anilines is 1. The standard InChI is InChI=1S/C19H31F2N5O2S.HI/c1-4-22-19(23-9-6-10-24(3)29(27,28)5-2)26-13-11-25(12-14-26)18-15-16(20)7-8-17(18)21;/h7-8,15H,4-6,9-14H2,1-3H3,(H,22,23);1H. The lowest BCUT2D eigenvalue weighted by Gasteiger charge is -2.37. The van der Waals surface area contributed by atoms with Crippen LogP contribution in [0.5, 0.6) is 0 Å². The Balaban J connectivity index is 0.00000450. The van der Waals surface area contributed by atoms with E-state index >= 15 is 0 Å². The van der Waals surface area contributed by atoms with Crippen LogP contribution in [0.2, 0.25) is 0 Å². The maximum absolute atomic E-state index is 14.0. The number of hydrogen-bond donors (Lipinski definition) is 1. The van der Waals surface area contributed by atoms with Gasteiger partial charge in [0, 0.05) is 58.9 Å². The third kappa shape index (κ3) is 7.49. The molecular weight excluding hydrogens is 527 g/mol. The zero-order valence-electron chi connectivity index (χ0n) is 17.8. The number of benzene rings is 1. The van der Waals surface area contributed by atoms with Gasteiger partial charge in [0.25, 0.3) is 0 Å². The summed E-state index contributed by atoms with van der Waals surface area (Å²) >= 11 is 0. The highest BCUT2D eigenvalue weighted by Gasteiger charge is 2.22. The minimum atomic E-state index is -3.17. The summed E-state index contributed by atoms with van der Waals surface area (Å²) in [7, 11) is -1.59. The van der Waals surface area contributed by atoms with Crippen LogP contribution in [0.15, 0.2) is 23.2 Å². The topological polar surface area (TPSA) is 68.2 Å². The van der Waals surface area contributed by atoms with Crippen molar-refractivity contribution in [3.63, 3.8) is 0 Å². The fraction of sp³-hybridized carbons (Fsp3) is 0.632. The molecule has 1 aliphatic rings. The molecule has 11 heteroatoms. The molecule has 0 aromatic heterocycles. The smallest absolute Gasteiger partial charge is 0.213 e. The third-order valence-electron chi connectivity index (χ3n) is 4.90. The van der Waals surface area contributed by atoms with Crippen molar-refractivity contribution in [2.75, 3.05) is 63.5 Å². The first-order valence-electron chi connectivity index (χ1n) is 9.95. The molecule has 0 saturated carbocycles. The number of nitrogens with zero attached hydrogens (tertiary/aromatic N) is 4. The van der Waals surface area contributed by atoms with E-state index in [4.69, 9.17) is 0 Å². The van der Waals surface area contributed by atoms with Gasteiger partial charge >= 0.3 is 0 Å². The highest BCUT2D eigenvalue weighted by molar-refractivity contribution is 14.0. The second kappa shape index (κ2) is 12.6. The Morgan fingerprint density at radius 1 is 1.20 bits per heavy atom. The number of halogens is 3. The average Bonchev–Trinajstić information content (AvgIpc) is 2.72. The van der Waals surface area contributed by atoms with Gasteiger partial charge in [0.05, 0.1) is 11.4 Å².